The molecule has 0 aliphatic carbocycles. The zero-order chi connectivity index (χ0) is 22.5. The van der Waals surface area contributed by atoms with Gasteiger partial charge in [-0.25, -0.2) is 0 Å². The minimum atomic E-state index is -1.72. The number of nitrogens with zero attached hydrogens (tertiary/aromatic N) is 3. The van der Waals surface area contributed by atoms with Crippen LogP contribution in [0.1, 0.15) is 0 Å². The second kappa shape index (κ2) is 10.9. The quantitative estimate of drug-likeness (QED) is 0.162. The number of thioether (sulfide) groups is 1. The van der Waals surface area contributed by atoms with Crippen molar-refractivity contribution in [3.8, 4) is 0 Å². The summed E-state index contributed by atoms with van der Waals surface area (Å²) in [6.45, 7) is -1.22. The maximum atomic E-state index is 10.7. The van der Waals surface area contributed by atoms with Gasteiger partial charge in [0.25, 0.3) is 0 Å². The van der Waals surface area contributed by atoms with Gasteiger partial charge in [-0.1, -0.05) is 35.1 Å². The van der Waals surface area contributed by atoms with E-state index in [9.17, 15) is 30.6 Å². The Morgan fingerprint density at radius 3 is 2.19 bits per heavy atom. The van der Waals surface area contributed by atoms with Crippen LogP contribution in [0.15, 0.2) is 40.3 Å². The summed E-state index contributed by atoms with van der Waals surface area (Å²) >= 11 is 1.18. The average Bonchev–Trinajstić information content (AvgIpc) is 2.78. The van der Waals surface area contributed by atoms with Crippen LogP contribution in [0.2, 0.25) is 0 Å². The number of rotatable bonds is 7. The molecule has 0 spiro atoms. The third-order valence-corrected chi connectivity index (χ3v) is 6.31. The molecule has 1 aromatic carbocycles. The molecule has 0 aromatic heterocycles. The van der Waals surface area contributed by atoms with Gasteiger partial charge in [-0.3, -0.25) is 0 Å². The maximum absolute atomic E-state index is 10.7. The molecule has 0 radical (unpaired) electrons. The van der Waals surface area contributed by atoms with E-state index in [1.165, 1.54) is 11.8 Å². The van der Waals surface area contributed by atoms with Gasteiger partial charge in [-0.2, -0.15) is 0 Å². The predicted molar refractivity (Wildman–Crippen MR) is 106 cm³/mol. The van der Waals surface area contributed by atoms with Crippen molar-refractivity contribution in [3.63, 3.8) is 0 Å². The summed E-state index contributed by atoms with van der Waals surface area (Å²) in [5, 5.41) is 63.6. The van der Waals surface area contributed by atoms with Gasteiger partial charge in [0.05, 0.1) is 13.2 Å². The zero-order valence-electron chi connectivity index (χ0n) is 16.2. The Balaban J connectivity index is 1.86. The van der Waals surface area contributed by atoms with Crippen LogP contribution in [-0.4, -0.2) is 104 Å². The molecule has 2 saturated heterocycles. The third-order valence-electron chi connectivity index (χ3n) is 5.14. The molecule has 10 atom stereocenters. The number of hydrogen-bond donors (Lipinski definition) is 6. The number of hydrogen-bond acceptors (Lipinski definition) is 11. The van der Waals surface area contributed by atoms with Crippen molar-refractivity contribution in [3.05, 3.63) is 40.8 Å². The van der Waals surface area contributed by atoms with Crippen molar-refractivity contribution in [1.29, 1.82) is 0 Å². The molecular weight excluding hydrogens is 434 g/mol. The number of aliphatic hydroxyl groups is 6. The minimum absolute atomic E-state index is 0.565. The van der Waals surface area contributed by atoms with Gasteiger partial charge in [0.1, 0.15) is 54.2 Å². The van der Waals surface area contributed by atoms with E-state index in [0.29, 0.717) is 0 Å². The van der Waals surface area contributed by atoms with Gasteiger partial charge in [-0.05, 0) is 17.7 Å². The lowest BCUT2D eigenvalue weighted by Crippen LogP contribution is -2.63. The highest BCUT2D eigenvalue weighted by Crippen LogP contribution is 2.37. The lowest BCUT2D eigenvalue weighted by atomic mass is 9.96. The molecule has 0 saturated carbocycles. The summed E-state index contributed by atoms with van der Waals surface area (Å²) in [5.74, 6) is 0. The van der Waals surface area contributed by atoms with E-state index in [-0.39, 0.29) is 0 Å². The zero-order valence-corrected chi connectivity index (χ0v) is 17.0. The molecular formula is C18H25N3O9S. The highest BCUT2D eigenvalue weighted by Gasteiger charge is 2.50. The first-order chi connectivity index (χ1) is 14.9. The average molecular weight is 459 g/mol. The second-order valence-electron chi connectivity index (χ2n) is 7.14. The molecule has 3 rings (SSSR count). The van der Waals surface area contributed by atoms with Gasteiger partial charge in [0.15, 0.2) is 6.29 Å². The van der Waals surface area contributed by atoms with E-state index in [0.717, 1.165) is 4.90 Å². The molecule has 1 aromatic rings. The molecule has 172 valence electrons. The van der Waals surface area contributed by atoms with Crippen LogP contribution in [0.3, 0.4) is 0 Å². The van der Waals surface area contributed by atoms with E-state index < -0.39 is 73.7 Å². The van der Waals surface area contributed by atoms with Crippen molar-refractivity contribution in [2.75, 3.05) is 13.2 Å². The lowest BCUT2D eigenvalue weighted by Gasteiger charge is -2.46. The number of azide groups is 1. The topological polar surface area (TPSA) is 198 Å². The highest BCUT2D eigenvalue weighted by atomic mass is 32.2. The molecule has 0 unspecified atom stereocenters. The number of aliphatic hydroxyl groups excluding tert-OH is 6. The summed E-state index contributed by atoms with van der Waals surface area (Å²) in [5.41, 5.74) is 8.20. The molecule has 2 aliphatic rings. The Labute approximate surface area is 181 Å². The number of benzene rings is 1. The van der Waals surface area contributed by atoms with Gasteiger partial charge in [-0.15, -0.1) is 0 Å². The Kier molecular flexibility index (Phi) is 8.50. The van der Waals surface area contributed by atoms with E-state index in [4.69, 9.17) is 19.7 Å². The molecule has 2 fully saturated rings. The second-order valence-corrected chi connectivity index (χ2v) is 8.31. The normalized spacial score (nSPS) is 40.8. The number of ether oxygens (including phenoxy) is 3. The molecule has 2 heterocycles. The smallest absolute Gasteiger partial charge is 0.187 e. The fourth-order valence-electron chi connectivity index (χ4n) is 3.46. The van der Waals surface area contributed by atoms with Crippen LogP contribution in [0.5, 0.6) is 0 Å². The van der Waals surface area contributed by atoms with E-state index >= 15 is 0 Å². The first-order valence-electron chi connectivity index (χ1n) is 9.57. The predicted octanol–water partition coefficient (Wildman–Crippen LogP) is -1.28. The molecule has 31 heavy (non-hydrogen) atoms. The Bertz CT molecular complexity index is 754. The third kappa shape index (κ3) is 5.30. The largest absolute Gasteiger partial charge is 0.394 e. The van der Waals surface area contributed by atoms with Crippen LogP contribution in [0.25, 0.3) is 10.4 Å². The molecule has 12 nitrogen and oxygen atoms in total. The van der Waals surface area contributed by atoms with Gasteiger partial charge in [0.2, 0.25) is 0 Å². The summed E-state index contributed by atoms with van der Waals surface area (Å²) in [6, 6.07) is 7.91. The molecule has 13 heteroatoms. The van der Waals surface area contributed by atoms with Crippen molar-refractivity contribution in [2.24, 2.45) is 5.11 Å². The first-order valence-corrected chi connectivity index (χ1v) is 10.5. The molecule has 6 N–H and O–H groups in total. The van der Waals surface area contributed by atoms with Crippen molar-refractivity contribution in [2.45, 2.75) is 65.4 Å². The van der Waals surface area contributed by atoms with Crippen molar-refractivity contribution >= 4 is 11.8 Å². The van der Waals surface area contributed by atoms with Crippen LogP contribution >= 0.6 is 11.8 Å². The SMILES string of the molecule is [N-]=[N+]=N[C@@H]1[C@@H](O[C@@H]2O[C@H](CO)[C@H](O)[C@H](O)[C@H]2O)[C@H](O)[C@@H](CO)O[C@H]1Sc1ccccc1. The Hall–Kier alpha value is -1.48. The summed E-state index contributed by atoms with van der Waals surface area (Å²) in [6.07, 6.45) is -11.6. The molecule has 2 aliphatic heterocycles. The van der Waals surface area contributed by atoms with Crippen LogP contribution in [0, 0.1) is 0 Å². The minimum Gasteiger partial charge on any atom is -0.394 e. The van der Waals surface area contributed by atoms with E-state index in [1.54, 1.807) is 24.3 Å². The van der Waals surface area contributed by atoms with Crippen LogP contribution in [0.4, 0.5) is 0 Å². The van der Waals surface area contributed by atoms with E-state index in [1.807, 2.05) is 6.07 Å². The summed E-state index contributed by atoms with van der Waals surface area (Å²) < 4.78 is 16.8. The Morgan fingerprint density at radius 1 is 0.935 bits per heavy atom. The van der Waals surface area contributed by atoms with Gasteiger partial charge < -0.3 is 44.8 Å². The standard InChI is InChI=1S/C18H25N3O9S/c19-21-20-11-16(30-17-15(27)14(26)12(24)9(6-22)28-17)13(25)10(7-23)29-18(11)31-8-4-2-1-3-5-8/h1-5,9-18,22-27H,6-7H2/t9-,10-,11-,12+,13-,14+,15-,16-,17+,18+/m1/s1. The van der Waals surface area contributed by atoms with Gasteiger partial charge >= 0.3 is 0 Å². The van der Waals surface area contributed by atoms with Crippen LogP contribution < -0.4 is 0 Å². The van der Waals surface area contributed by atoms with Crippen molar-refractivity contribution < 1.29 is 44.8 Å². The monoisotopic (exact) mass is 459 g/mol. The summed E-state index contributed by atoms with van der Waals surface area (Å²) in [7, 11) is 0. The van der Waals surface area contributed by atoms with Gasteiger partial charge in [0, 0.05) is 9.81 Å². The summed E-state index contributed by atoms with van der Waals surface area (Å²) in [4.78, 5) is 3.57. The molecule has 0 amide bonds. The maximum Gasteiger partial charge on any atom is 0.187 e. The van der Waals surface area contributed by atoms with E-state index in [2.05, 4.69) is 10.0 Å². The highest BCUT2D eigenvalue weighted by molar-refractivity contribution is 7.99. The fourth-order valence-corrected chi connectivity index (χ4v) is 4.59. The lowest BCUT2D eigenvalue weighted by molar-refractivity contribution is -0.328. The Morgan fingerprint density at radius 2 is 1.58 bits per heavy atom. The fraction of sp³-hybridized carbons (Fsp3) is 0.667. The van der Waals surface area contributed by atoms with Crippen LogP contribution in [-0.2, 0) is 14.2 Å². The van der Waals surface area contributed by atoms with Crippen molar-refractivity contribution in [1.82, 2.24) is 0 Å². The first kappa shape index (κ1) is 24.2. The molecule has 0 bridgehead atoms.